The number of halogens is 1. The summed E-state index contributed by atoms with van der Waals surface area (Å²) in [5, 5.41) is 3.35. The second-order valence-electron chi connectivity index (χ2n) is 5.91. The van der Waals surface area contributed by atoms with Gasteiger partial charge in [-0.05, 0) is 54.3 Å². The summed E-state index contributed by atoms with van der Waals surface area (Å²) < 4.78 is 24.3. The van der Waals surface area contributed by atoms with Crippen LogP contribution >= 0.6 is 11.3 Å². The number of benzene rings is 2. The molecule has 0 aliphatic carbocycles. The molecule has 0 fully saturated rings. The molecule has 0 aliphatic rings. The van der Waals surface area contributed by atoms with Crippen molar-refractivity contribution < 1.29 is 23.5 Å². The van der Waals surface area contributed by atoms with Crippen molar-refractivity contribution in [3.63, 3.8) is 0 Å². The van der Waals surface area contributed by atoms with Gasteiger partial charge in [0.1, 0.15) is 16.4 Å². The van der Waals surface area contributed by atoms with Gasteiger partial charge in [0.2, 0.25) is 0 Å². The van der Waals surface area contributed by atoms with E-state index in [1.54, 1.807) is 31.4 Å². The molecule has 27 heavy (non-hydrogen) atoms. The summed E-state index contributed by atoms with van der Waals surface area (Å²) in [5.41, 5.74) is 0.897. The first-order chi connectivity index (χ1) is 13.0. The van der Waals surface area contributed by atoms with Crippen molar-refractivity contribution in [2.24, 2.45) is 0 Å². The van der Waals surface area contributed by atoms with Crippen molar-refractivity contribution in [3.05, 3.63) is 64.8 Å². The highest BCUT2D eigenvalue weighted by atomic mass is 32.1. The van der Waals surface area contributed by atoms with Gasteiger partial charge in [-0.2, -0.15) is 0 Å². The summed E-state index contributed by atoms with van der Waals surface area (Å²) in [7, 11) is 1.58. The average molecular weight is 387 g/mol. The Morgan fingerprint density at radius 1 is 1.15 bits per heavy atom. The number of carbonyl (C=O) groups is 2. The molecule has 0 aliphatic heterocycles. The Morgan fingerprint density at radius 3 is 2.59 bits per heavy atom. The Bertz CT molecular complexity index is 968. The molecular formula is C20H18FNO4S. The molecule has 0 bridgehead atoms. The minimum absolute atomic E-state index is 0.312. The van der Waals surface area contributed by atoms with Crippen molar-refractivity contribution in [1.82, 2.24) is 5.32 Å². The van der Waals surface area contributed by atoms with E-state index in [0.717, 1.165) is 16.0 Å². The third-order valence-corrected chi connectivity index (χ3v) is 5.05. The molecule has 1 heterocycles. The Balaban J connectivity index is 1.56. The minimum atomic E-state index is -0.947. The van der Waals surface area contributed by atoms with E-state index in [2.05, 4.69) is 5.32 Å². The van der Waals surface area contributed by atoms with Crippen LogP contribution in [-0.4, -0.2) is 25.1 Å². The van der Waals surface area contributed by atoms with E-state index in [0.29, 0.717) is 16.8 Å². The molecular weight excluding hydrogens is 369 g/mol. The van der Waals surface area contributed by atoms with Gasteiger partial charge in [0.05, 0.1) is 7.11 Å². The lowest BCUT2D eigenvalue weighted by molar-refractivity contribution is -0.129. The first-order valence-corrected chi connectivity index (χ1v) is 9.08. The summed E-state index contributed by atoms with van der Waals surface area (Å²) in [6, 6.07) is 13.1. The largest absolute Gasteiger partial charge is 0.497 e. The number of nitrogens with one attached hydrogen (secondary N) is 1. The Kier molecular flexibility index (Phi) is 5.71. The van der Waals surface area contributed by atoms with E-state index in [-0.39, 0.29) is 5.82 Å². The van der Waals surface area contributed by atoms with Gasteiger partial charge in [-0.25, -0.2) is 9.18 Å². The third kappa shape index (κ3) is 4.62. The normalized spacial score (nSPS) is 11.8. The lowest BCUT2D eigenvalue weighted by atomic mass is 10.2. The van der Waals surface area contributed by atoms with Crippen LogP contribution in [0.25, 0.3) is 10.1 Å². The number of amides is 1. The number of rotatable bonds is 6. The van der Waals surface area contributed by atoms with Crippen LogP contribution in [-0.2, 0) is 16.1 Å². The zero-order valence-corrected chi connectivity index (χ0v) is 15.6. The summed E-state index contributed by atoms with van der Waals surface area (Å²) in [6.07, 6.45) is -0.947. The number of thiophene rings is 1. The molecule has 7 heteroatoms. The van der Waals surface area contributed by atoms with Crippen molar-refractivity contribution in [2.45, 2.75) is 19.6 Å². The predicted molar refractivity (Wildman–Crippen MR) is 102 cm³/mol. The van der Waals surface area contributed by atoms with Crippen LogP contribution in [0.3, 0.4) is 0 Å². The quantitative estimate of drug-likeness (QED) is 0.652. The molecule has 0 radical (unpaired) electrons. The topological polar surface area (TPSA) is 64.6 Å². The average Bonchev–Trinajstić information content (AvgIpc) is 3.09. The van der Waals surface area contributed by atoms with E-state index in [1.165, 1.54) is 30.4 Å². The lowest BCUT2D eigenvalue weighted by Crippen LogP contribution is -2.35. The molecule has 1 atom stereocenters. The van der Waals surface area contributed by atoms with Gasteiger partial charge in [-0.1, -0.05) is 12.1 Å². The summed E-state index contributed by atoms with van der Waals surface area (Å²) in [5.74, 6) is -0.642. The van der Waals surface area contributed by atoms with E-state index in [4.69, 9.17) is 9.47 Å². The van der Waals surface area contributed by atoms with Crippen LogP contribution in [0, 0.1) is 5.82 Å². The number of esters is 1. The van der Waals surface area contributed by atoms with Gasteiger partial charge in [0, 0.05) is 11.2 Å². The number of fused-ring (bicyclic) bond motifs is 1. The minimum Gasteiger partial charge on any atom is -0.497 e. The van der Waals surface area contributed by atoms with E-state index in [1.807, 2.05) is 12.1 Å². The van der Waals surface area contributed by atoms with Gasteiger partial charge in [-0.15, -0.1) is 11.3 Å². The summed E-state index contributed by atoms with van der Waals surface area (Å²) in [6.45, 7) is 1.82. The standard InChI is InChI=1S/C20H18FNO4S/c1-12(19(23)22-11-13-3-6-16(25-2)7-4-13)26-20(24)18-10-14-9-15(21)5-8-17(14)27-18/h3-10,12H,11H2,1-2H3,(H,22,23)/t12-/m1/s1. The molecule has 0 spiro atoms. The van der Waals surface area contributed by atoms with Crippen LogP contribution in [0.2, 0.25) is 0 Å². The highest BCUT2D eigenvalue weighted by Crippen LogP contribution is 2.27. The number of ether oxygens (including phenoxy) is 2. The molecule has 5 nitrogen and oxygen atoms in total. The van der Waals surface area contributed by atoms with Crippen molar-refractivity contribution in [1.29, 1.82) is 0 Å². The van der Waals surface area contributed by atoms with Crippen LogP contribution in [0.15, 0.2) is 48.5 Å². The molecule has 2 aromatic carbocycles. The van der Waals surface area contributed by atoms with Crippen LogP contribution in [0.4, 0.5) is 4.39 Å². The Labute approximate surface area is 159 Å². The molecule has 140 valence electrons. The summed E-state index contributed by atoms with van der Waals surface area (Å²) in [4.78, 5) is 24.7. The fourth-order valence-electron chi connectivity index (χ4n) is 2.46. The highest BCUT2D eigenvalue weighted by Gasteiger charge is 2.20. The van der Waals surface area contributed by atoms with Gasteiger partial charge < -0.3 is 14.8 Å². The Hall–Kier alpha value is -2.93. The van der Waals surface area contributed by atoms with Gasteiger partial charge in [0.15, 0.2) is 6.10 Å². The van der Waals surface area contributed by atoms with Crippen LogP contribution in [0.1, 0.15) is 22.2 Å². The zero-order valence-electron chi connectivity index (χ0n) is 14.8. The molecule has 1 N–H and O–H groups in total. The van der Waals surface area contributed by atoms with Crippen molar-refractivity contribution in [3.8, 4) is 5.75 Å². The number of hydrogen-bond donors (Lipinski definition) is 1. The van der Waals surface area contributed by atoms with E-state index < -0.39 is 18.0 Å². The number of carbonyl (C=O) groups excluding carboxylic acids is 2. The maximum absolute atomic E-state index is 13.3. The Morgan fingerprint density at radius 2 is 1.89 bits per heavy atom. The smallest absolute Gasteiger partial charge is 0.349 e. The van der Waals surface area contributed by atoms with Gasteiger partial charge in [0.25, 0.3) is 5.91 Å². The second-order valence-corrected chi connectivity index (χ2v) is 6.99. The van der Waals surface area contributed by atoms with E-state index in [9.17, 15) is 14.0 Å². The van der Waals surface area contributed by atoms with Crippen molar-refractivity contribution >= 4 is 33.3 Å². The zero-order chi connectivity index (χ0) is 19.4. The fourth-order valence-corrected chi connectivity index (χ4v) is 3.39. The van der Waals surface area contributed by atoms with Gasteiger partial charge in [-0.3, -0.25) is 4.79 Å². The third-order valence-electron chi connectivity index (χ3n) is 3.96. The number of hydrogen-bond acceptors (Lipinski definition) is 5. The molecule has 3 aromatic rings. The van der Waals surface area contributed by atoms with Crippen molar-refractivity contribution in [2.75, 3.05) is 7.11 Å². The fraction of sp³-hybridized carbons (Fsp3) is 0.200. The molecule has 0 unspecified atom stereocenters. The molecule has 0 saturated heterocycles. The van der Waals surface area contributed by atoms with Crippen LogP contribution in [0.5, 0.6) is 5.75 Å². The molecule has 0 saturated carbocycles. The predicted octanol–water partition coefficient (Wildman–Crippen LogP) is 3.91. The molecule has 1 aromatic heterocycles. The van der Waals surface area contributed by atoms with E-state index >= 15 is 0 Å². The maximum atomic E-state index is 13.3. The number of methoxy groups -OCH3 is 1. The van der Waals surface area contributed by atoms with Gasteiger partial charge >= 0.3 is 5.97 Å². The first kappa shape index (κ1) is 18.8. The lowest BCUT2D eigenvalue weighted by Gasteiger charge is -2.13. The van der Waals surface area contributed by atoms with Crippen LogP contribution < -0.4 is 10.1 Å². The molecule has 3 rings (SSSR count). The molecule has 1 amide bonds. The maximum Gasteiger partial charge on any atom is 0.349 e. The second kappa shape index (κ2) is 8.18. The summed E-state index contributed by atoms with van der Waals surface area (Å²) >= 11 is 1.20. The first-order valence-electron chi connectivity index (χ1n) is 8.27. The SMILES string of the molecule is COc1ccc(CNC(=O)[C@@H](C)OC(=O)c2cc3cc(F)ccc3s2)cc1. The monoisotopic (exact) mass is 387 g/mol. The highest BCUT2D eigenvalue weighted by molar-refractivity contribution is 7.20.